The maximum atomic E-state index is 5.20. The molecule has 1 aliphatic rings. The summed E-state index contributed by atoms with van der Waals surface area (Å²) in [6.45, 7) is 11.0. The Labute approximate surface area is 125 Å². The molecule has 0 amide bonds. The second kappa shape index (κ2) is 5.52. The van der Waals surface area contributed by atoms with Gasteiger partial charge in [-0.1, -0.05) is 19.0 Å². The van der Waals surface area contributed by atoms with Crippen LogP contribution in [0, 0.1) is 19.8 Å². The van der Waals surface area contributed by atoms with Crippen molar-refractivity contribution in [3.8, 4) is 0 Å². The van der Waals surface area contributed by atoms with Gasteiger partial charge in [-0.15, -0.1) is 0 Å². The smallest absolute Gasteiger partial charge is 0.138 e. The van der Waals surface area contributed by atoms with E-state index in [1.807, 2.05) is 24.7 Å². The highest BCUT2D eigenvalue weighted by Gasteiger charge is 2.25. The van der Waals surface area contributed by atoms with E-state index in [4.69, 9.17) is 4.52 Å². The molecular weight excluding hydrogens is 266 g/mol. The first-order valence-electron chi connectivity index (χ1n) is 7.47. The Morgan fingerprint density at radius 1 is 1.43 bits per heavy atom. The lowest BCUT2D eigenvalue weighted by Gasteiger charge is -2.16. The van der Waals surface area contributed by atoms with Crippen molar-refractivity contribution in [2.24, 2.45) is 5.92 Å². The Morgan fingerprint density at radius 2 is 2.24 bits per heavy atom. The van der Waals surface area contributed by atoms with Crippen LogP contribution in [0.25, 0.3) is 0 Å². The molecule has 21 heavy (non-hydrogen) atoms. The summed E-state index contributed by atoms with van der Waals surface area (Å²) in [5, 5.41) is 12.0. The summed E-state index contributed by atoms with van der Waals surface area (Å²) >= 11 is 0. The Kier molecular flexibility index (Phi) is 3.71. The molecule has 0 spiro atoms. The number of nitrogens with one attached hydrogen (secondary N) is 1. The highest BCUT2D eigenvalue weighted by atomic mass is 16.5. The third-order valence-electron chi connectivity index (χ3n) is 4.25. The fraction of sp³-hybridized carbons (Fsp3) is 0.600. The maximum absolute atomic E-state index is 5.20. The normalized spacial score (nSPS) is 18.9. The monoisotopic (exact) mass is 289 g/mol. The van der Waals surface area contributed by atoms with Crippen LogP contribution in [0.2, 0.25) is 0 Å². The number of anilines is 1. The van der Waals surface area contributed by atoms with Crippen LogP contribution >= 0.6 is 0 Å². The molecule has 2 aromatic heterocycles. The molecule has 0 saturated carbocycles. The molecule has 114 valence electrons. The fourth-order valence-corrected chi connectivity index (χ4v) is 2.73. The third kappa shape index (κ3) is 2.81. The van der Waals surface area contributed by atoms with E-state index in [-0.39, 0.29) is 0 Å². The molecule has 6 heteroatoms. The van der Waals surface area contributed by atoms with Crippen LogP contribution in [0.15, 0.2) is 16.9 Å². The summed E-state index contributed by atoms with van der Waals surface area (Å²) in [6, 6.07) is 0.552. The van der Waals surface area contributed by atoms with Crippen molar-refractivity contribution < 1.29 is 4.52 Å². The van der Waals surface area contributed by atoms with Gasteiger partial charge < -0.3 is 9.42 Å². The van der Waals surface area contributed by atoms with Crippen LogP contribution in [0.1, 0.15) is 30.9 Å². The van der Waals surface area contributed by atoms with E-state index in [0.717, 1.165) is 35.9 Å². The van der Waals surface area contributed by atoms with Gasteiger partial charge in [0.15, 0.2) is 0 Å². The molecule has 1 atom stereocenters. The lowest BCUT2D eigenvalue weighted by Crippen LogP contribution is -2.29. The molecule has 0 aromatic carbocycles. The molecule has 3 heterocycles. The van der Waals surface area contributed by atoms with Crippen molar-refractivity contribution in [2.45, 2.75) is 40.3 Å². The minimum atomic E-state index is 0.552. The summed E-state index contributed by atoms with van der Waals surface area (Å²) in [5.41, 5.74) is 3.22. The van der Waals surface area contributed by atoms with Crippen LogP contribution in [0.3, 0.4) is 0 Å². The SMILES string of the molecule is Cc1noc(C)c1Cn1cc(N2CNC(C(C)C)C2)cn1. The van der Waals surface area contributed by atoms with Gasteiger partial charge in [0, 0.05) is 24.3 Å². The molecule has 0 bridgehead atoms. The Hall–Kier alpha value is -1.82. The van der Waals surface area contributed by atoms with E-state index in [1.54, 1.807) is 0 Å². The summed E-state index contributed by atoms with van der Waals surface area (Å²) < 4.78 is 7.15. The molecule has 1 unspecified atom stereocenters. The Morgan fingerprint density at radius 3 is 2.86 bits per heavy atom. The summed E-state index contributed by atoms with van der Waals surface area (Å²) in [7, 11) is 0. The van der Waals surface area contributed by atoms with Crippen LogP contribution < -0.4 is 10.2 Å². The molecule has 1 aliphatic heterocycles. The zero-order valence-electron chi connectivity index (χ0n) is 13.1. The average Bonchev–Trinajstić information content (AvgIpc) is 3.14. The molecular formula is C15H23N5O. The van der Waals surface area contributed by atoms with Gasteiger partial charge in [-0.05, 0) is 19.8 Å². The van der Waals surface area contributed by atoms with Crippen molar-refractivity contribution in [2.75, 3.05) is 18.1 Å². The number of aromatic nitrogens is 3. The van der Waals surface area contributed by atoms with E-state index < -0.39 is 0 Å². The summed E-state index contributed by atoms with van der Waals surface area (Å²) in [4.78, 5) is 2.33. The van der Waals surface area contributed by atoms with Crippen LogP contribution in [0.5, 0.6) is 0 Å². The van der Waals surface area contributed by atoms with Crippen molar-refractivity contribution in [1.82, 2.24) is 20.3 Å². The number of hydrogen-bond donors (Lipinski definition) is 1. The third-order valence-corrected chi connectivity index (χ3v) is 4.25. The summed E-state index contributed by atoms with van der Waals surface area (Å²) in [5.74, 6) is 1.51. The van der Waals surface area contributed by atoms with Gasteiger partial charge in [0.2, 0.25) is 0 Å². The zero-order chi connectivity index (χ0) is 15.0. The fourth-order valence-electron chi connectivity index (χ4n) is 2.73. The van der Waals surface area contributed by atoms with Crippen LogP contribution in [-0.2, 0) is 6.54 Å². The predicted octanol–water partition coefficient (Wildman–Crippen LogP) is 1.93. The first kappa shape index (κ1) is 14.1. The Bertz CT molecular complexity index is 596. The lowest BCUT2D eigenvalue weighted by molar-refractivity contribution is 0.391. The molecule has 3 rings (SSSR count). The van der Waals surface area contributed by atoms with Crippen molar-refractivity contribution in [1.29, 1.82) is 0 Å². The second-order valence-electron chi connectivity index (χ2n) is 6.13. The molecule has 0 aliphatic carbocycles. The average molecular weight is 289 g/mol. The molecule has 1 N–H and O–H groups in total. The number of hydrogen-bond acceptors (Lipinski definition) is 5. The molecule has 2 aromatic rings. The second-order valence-corrected chi connectivity index (χ2v) is 6.13. The highest BCUT2D eigenvalue weighted by Crippen LogP contribution is 2.20. The van der Waals surface area contributed by atoms with Crippen molar-refractivity contribution >= 4 is 5.69 Å². The van der Waals surface area contributed by atoms with Crippen LogP contribution in [-0.4, -0.2) is 34.2 Å². The predicted molar refractivity (Wildman–Crippen MR) is 81.3 cm³/mol. The van der Waals surface area contributed by atoms with Crippen LogP contribution in [0.4, 0.5) is 5.69 Å². The molecule has 1 saturated heterocycles. The van der Waals surface area contributed by atoms with E-state index in [1.165, 1.54) is 0 Å². The first-order valence-corrected chi connectivity index (χ1v) is 7.47. The van der Waals surface area contributed by atoms with E-state index in [2.05, 4.69) is 40.5 Å². The first-order chi connectivity index (χ1) is 10.0. The van der Waals surface area contributed by atoms with Gasteiger partial charge in [-0.3, -0.25) is 10.00 Å². The summed E-state index contributed by atoms with van der Waals surface area (Å²) in [6.07, 6.45) is 4.03. The van der Waals surface area contributed by atoms with E-state index in [0.29, 0.717) is 18.5 Å². The van der Waals surface area contributed by atoms with Gasteiger partial charge >= 0.3 is 0 Å². The van der Waals surface area contributed by atoms with Gasteiger partial charge in [0.05, 0.1) is 30.8 Å². The number of nitrogens with zero attached hydrogens (tertiary/aromatic N) is 4. The largest absolute Gasteiger partial charge is 0.361 e. The van der Waals surface area contributed by atoms with Crippen molar-refractivity contribution in [3.63, 3.8) is 0 Å². The minimum Gasteiger partial charge on any atom is -0.361 e. The maximum Gasteiger partial charge on any atom is 0.138 e. The van der Waals surface area contributed by atoms with E-state index >= 15 is 0 Å². The topological polar surface area (TPSA) is 59.1 Å². The molecule has 0 radical (unpaired) electrons. The molecule has 1 fully saturated rings. The quantitative estimate of drug-likeness (QED) is 0.932. The van der Waals surface area contributed by atoms with Gasteiger partial charge in [0.25, 0.3) is 0 Å². The van der Waals surface area contributed by atoms with Gasteiger partial charge in [-0.25, -0.2) is 0 Å². The van der Waals surface area contributed by atoms with Gasteiger partial charge in [-0.2, -0.15) is 5.10 Å². The number of aryl methyl sites for hydroxylation is 2. The highest BCUT2D eigenvalue weighted by molar-refractivity contribution is 5.43. The number of rotatable bonds is 4. The minimum absolute atomic E-state index is 0.552. The van der Waals surface area contributed by atoms with Crippen molar-refractivity contribution in [3.05, 3.63) is 29.4 Å². The van der Waals surface area contributed by atoms with E-state index in [9.17, 15) is 0 Å². The standard InChI is InChI=1S/C15H23N5O/c1-10(2)15-8-19(9-16-15)13-5-17-20(6-13)7-14-11(3)18-21-12(14)4/h5-6,10,15-16H,7-9H2,1-4H3. The lowest BCUT2D eigenvalue weighted by atomic mass is 10.1. The Balaban J connectivity index is 1.70. The van der Waals surface area contributed by atoms with Gasteiger partial charge in [0.1, 0.15) is 5.76 Å². The molecule has 6 nitrogen and oxygen atoms in total. The zero-order valence-corrected chi connectivity index (χ0v) is 13.1.